The number of ketones is 1. The number of halogens is 2. The lowest BCUT2D eigenvalue weighted by molar-refractivity contribution is -0.113. The van der Waals surface area contributed by atoms with Gasteiger partial charge in [-0.1, -0.05) is 35.0 Å². The van der Waals surface area contributed by atoms with Crippen LogP contribution in [0.15, 0.2) is 23.4 Å². The third kappa shape index (κ3) is 5.49. The highest BCUT2D eigenvalue weighted by Crippen LogP contribution is 2.34. The van der Waals surface area contributed by atoms with E-state index in [2.05, 4.69) is 15.5 Å². The summed E-state index contributed by atoms with van der Waals surface area (Å²) in [5.74, 6) is 5.09. The van der Waals surface area contributed by atoms with Crippen molar-refractivity contribution in [2.45, 2.75) is 25.9 Å². The van der Waals surface area contributed by atoms with Gasteiger partial charge in [0.1, 0.15) is 5.00 Å². The Morgan fingerprint density at radius 1 is 1.27 bits per heavy atom. The molecule has 2 heterocycles. The molecule has 0 bridgehead atoms. The number of nitrogens with one attached hydrogen (secondary N) is 1. The summed E-state index contributed by atoms with van der Waals surface area (Å²) in [7, 11) is 0. The van der Waals surface area contributed by atoms with Gasteiger partial charge in [-0.15, -0.1) is 21.5 Å². The number of hydrogen-bond acceptors (Lipinski definition) is 9. The lowest BCUT2D eigenvalue weighted by Gasteiger charge is -2.07. The fraction of sp³-hybridized carbons (Fsp3) is 0.250. The maximum Gasteiger partial charge on any atom is 0.341 e. The number of Topliss-reactive ketones (excluding diaryl/α,β-unsaturated/α-hetero) is 1. The van der Waals surface area contributed by atoms with Gasteiger partial charge in [-0.05, 0) is 44.5 Å². The largest absolute Gasteiger partial charge is 0.462 e. The molecular formula is C20H19Cl2N5O4S2. The monoisotopic (exact) mass is 527 g/mol. The molecule has 3 rings (SSSR count). The normalized spacial score (nSPS) is 10.8. The lowest BCUT2D eigenvalue weighted by Crippen LogP contribution is -2.18. The van der Waals surface area contributed by atoms with E-state index in [1.165, 1.54) is 11.6 Å². The molecule has 0 atom stereocenters. The molecule has 0 aliphatic heterocycles. The number of nitrogen functional groups attached to an aromatic ring is 1. The van der Waals surface area contributed by atoms with Gasteiger partial charge >= 0.3 is 5.97 Å². The molecule has 0 aliphatic rings. The summed E-state index contributed by atoms with van der Waals surface area (Å²) in [6.45, 7) is 4.88. The van der Waals surface area contributed by atoms with Crippen LogP contribution < -0.4 is 11.2 Å². The zero-order valence-corrected chi connectivity index (χ0v) is 20.9. The Labute approximate surface area is 207 Å². The SMILES string of the molecule is CCOC(=O)c1c(NC(=O)CSc2nnc(-c3ccc(Cl)cc3Cl)n2N)sc(C(C)=O)c1C. The number of amides is 1. The number of ether oxygens (including phenoxy) is 1. The summed E-state index contributed by atoms with van der Waals surface area (Å²) in [4.78, 5) is 37.2. The van der Waals surface area contributed by atoms with Gasteiger partial charge in [-0.25, -0.2) is 9.47 Å². The minimum absolute atomic E-state index is 0.0711. The fourth-order valence-electron chi connectivity index (χ4n) is 2.91. The van der Waals surface area contributed by atoms with E-state index in [4.69, 9.17) is 33.8 Å². The van der Waals surface area contributed by atoms with Crippen LogP contribution in [0.4, 0.5) is 5.00 Å². The van der Waals surface area contributed by atoms with Crippen molar-refractivity contribution in [1.29, 1.82) is 0 Å². The minimum atomic E-state index is -0.604. The number of benzene rings is 1. The van der Waals surface area contributed by atoms with E-state index >= 15 is 0 Å². The Morgan fingerprint density at radius 3 is 2.64 bits per heavy atom. The Balaban J connectivity index is 1.75. The van der Waals surface area contributed by atoms with Crippen LogP contribution in [-0.2, 0) is 9.53 Å². The first kappa shape index (κ1) is 25.0. The van der Waals surface area contributed by atoms with Crippen LogP contribution in [0, 0.1) is 6.92 Å². The van der Waals surface area contributed by atoms with E-state index in [0.717, 1.165) is 23.1 Å². The first-order valence-corrected chi connectivity index (χ1v) is 12.1. The van der Waals surface area contributed by atoms with Crippen LogP contribution in [0.3, 0.4) is 0 Å². The van der Waals surface area contributed by atoms with E-state index in [0.29, 0.717) is 31.9 Å². The van der Waals surface area contributed by atoms with Gasteiger partial charge in [0.15, 0.2) is 11.6 Å². The van der Waals surface area contributed by atoms with Crippen molar-refractivity contribution in [1.82, 2.24) is 14.9 Å². The molecule has 9 nitrogen and oxygen atoms in total. The van der Waals surface area contributed by atoms with Gasteiger partial charge in [-0.3, -0.25) is 9.59 Å². The molecule has 0 saturated heterocycles. The van der Waals surface area contributed by atoms with E-state index in [9.17, 15) is 14.4 Å². The number of thioether (sulfide) groups is 1. The zero-order chi connectivity index (χ0) is 24.3. The molecule has 2 aromatic heterocycles. The number of nitrogens with zero attached hydrogens (tertiary/aromatic N) is 3. The number of anilines is 1. The second-order valence-corrected chi connectivity index (χ2v) is 9.48. The van der Waals surface area contributed by atoms with Crippen molar-refractivity contribution < 1.29 is 19.1 Å². The number of hydrogen-bond donors (Lipinski definition) is 2. The summed E-state index contributed by atoms with van der Waals surface area (Å²) < 4.78 is 6.30. The molecule has 174 valence electrons. The average Bonchev–Trinajstić information content (AvgIpc) is 3.26. The van der Waals surface area contributed by atoms with Crippen LogP contribution in [-0.4, -0.2) is 44.9 Å². The van der Waals surface area contributed by atoms with Gasteiger partial charge < -0.3 is 15.9 Å². The summed E-state index contributed by atoms with van der Waals surface area (Å²) in [6.07, 6.45) is 0. The standard InChI is InChI=1S/C20H19Cl2N5O4S2/c1-4-31-19(30)15-9(2)16(10(3)28)33-18(15)24-14(29)8-32-20-26-25-17(27(20)23)12-6-5-11(21)7-13(12)22/h5-7H,4,8,23H2,1-3H3,(H,24,29). The first-order valence-electron chi connectivity index (χ1n) is 9.54. The Morgan fingerprint density at radius 2 is 2.00 bits per heavy atom. The van der Waals surface area contributed by atoms with Crippen LogP contribution in [0.25, 0.3) is 11.4 Å². The number of rotatable bonds is 8. The molecule has 13 heteroatoms. The fourth-order valence-corrected chi connectivity index (χ4v) is 5.17. The van der Waals surface area contributed by atoms with Crippen molar-refractivity contribution >= 4 is 69.0 Å². The van der Waals surface area contributed by atoms with E-state index in [-0.39, 0.29) is 33.9 Å². The van der Waals surface area contributed by atoms with E-state index in [1.54, 1.807) is 32.0 Å². The molecule has 1 amide bonds. The summed E-state index contributed by atoms with van der Waals surface area (Å²) in [5, 5.41) is 12.1. The lowest BCUT2D eigenvalue weighted by atomic mass is 10.1. The second kappa shape index (κ2) is 10.6. The second-order valence-electron chi connectivity index (χ2n) is 6.67. The number of carbonyl (C=O) groups excluding carboxylic acids is 3. The van der Waals surface area contributed by atoms with Gasteiger partial charge in [-0.2, -0.15) is 0 Å². The van der Waals surface area contributed by atoms with Crippen LogP contribution in [0.1, 0.15) is 39.4 Å². The van der Waals surface area contributed by atoms with Crippen LogP contribution in [0.5, 0.6) is 0 Å². The molecule has 0 saturated carbocycles. The molecular weight excluding hydrogens is 509 g/mol. The van der Waals surface area contributed by atoms with Crippen molar-refractivity contribution in [2.24, 2.45) is 0 Å². The molecule has 3 N–H and O–H groups in total. The highest BCUT2D eigenvalue weighted by Gasteiger charge is 2.25. The van der Waals surface area contributed by atoms with Crippen molar-refractivity contribution in [3.05, 3.63) is 44.2 Å². The Bertz CT molecular complexity index is 1240. The van der Waals surface area contributed by atoms with E-state index in [1.807, 2.05) is 0 Å². The summed E-state index contributed by atoms with van der Waals surface area (Å²) in [6, 6.07) is 4.88. The smallest absolute Gasteiger partial charge is 0.341 e. The Hall–Kier alpha value is -2.60. The molecule has 0 aliphatic carbocycles. The van der Waals surface area contributed by atoms with Gasteiger partial charge in [0.2, 0.25) is 11.1 Å². The molecule has 0 unspecified atom stereocenters. The Kier molecular flexibility index (Phi) is 8.01. The highest BCUT2D eigenvalue weighted by atomic mass is 35.5. The summed E-state index contributed by atoms with van der Waals surface area (Å²) in [5.41, 5.74) is 1.18. The molecule has 1 aromatic carbocycles. The van der Waals surface area contributed by atoms with Crippen molar-refractivity contribution in [3.8, 4) is 11.4 Å². The van der Waals surface area contributed by atoms with Crippen molar-refractivity contribution in [3.63, 3.8) is 0 Å². The summed E-state index contributed by atoms with van der Waals surface area (Å²) >= 11 is 14.2. The molecule has 3 aromatic rings. The van der Waals surface area contributed by atoms with Crippen LogP contribution >= 0.6 is 46.3 Å². The number of thiophene rings is 1. The molecule has 0 fully saturated rings. The predicted octanol–water partition coefficient (Wildman–Crippen LogP) is 4.45. The van der Waals surface area contributed by atoms with E-state index < -0.39 is 11.9 Å². The van der Waals surface area contributed by atoms with Crippen LogP contribution in [0.2, 0.25) is 10.0 Å². The first-order chi connectivity index (χ1) is 15.6. The van der Waals surface area contributed by atoms with Gasteiger partial charge in [0.05, 0.1) is 27.8 Å². The number of esters is 1. The average molecular weight is 528 g/mol. The molecule has 33 heavy (non-hydrogen) atoms. The van der Waals surface area contributed by atoms with Gasteiger partial charge in [0.25, 0.3) is 0 Å². The maximum absolute atomic E-state index is 12.6. The van der Waals surface area contributed by atoms with Crippen molar-refractivity contribution in [2.75, 3.05) is 23.5 Å². The van der Waals surface area contributed by atoms with Gasteiger partial charge in [0, 0.05) is 10.6 Å². The third-order valence-corrected chi connectivity index (χ3v) is 7.17. The molecule has 0 spiro atoms. The third-order valence-electron chi connectivity index (χ3n) is 4.37. The topological polar surface area (TPSA) is 129 Å². The molecule has 0 radical (unpaired) electrons. The number of nitrogens with two attached hydrogens (primary N) is 1. The predicted molar refractivity (Wildman–Crippen MR) is 130 cm³/mol. The number of carbonyl (C=O) groups is 3. The number of aromatic nitrogens is 3. The highest BCUT2D eigenvalue weighted by molar-refractivity contribution is 7.99. The quantitative estimate of drug-likeness (QED) is 0.190. The minimum Gasteiger partial charge on any atom is -0.462 e. The maximum atomic E-state index is 12.6. The zero-order valence-electron chi connectivity index (χ0n) is 17.8.